The van der Waals surface area contributed by atoms with E-state index in [-0.39, 0.29) is 12.3 Å². The monoisotopic (exact) mass is 357 g/mol. The minimum absolute atomic E-state index is 0.107. The second-order valence-electron chi connectivity index (χ2n) is 5.95. The van der Waals surface area contributed by atoms with Gasteiger partial charge < -0.3 is 19.9 Å². The predicted molar refractivity (Wildman–Crippen MR) is 97.4 cm³/mol. The number of hydrogen-bond donors (Lipinski definition) is 2. The average Bonchev–Trinajstić information content (AvgIpc) is 2.66. The van der Waals surface area contributed by atoms with Gasteiger partial charge in [-0.25, -0.2) is 0 Å². The fourth-order valence-electron chi connectivity index (χ4n) is 2.70. The van der Waals surface area contributed by atoms with Crippen molar-refractivity contribution >= 4 is 11.9 Å². The van der Waals surface area contributed by atoms with Crippen LogP contribution in [0.2, 0.25) is 0 Å². The van der Waals surface area contributed by atoms with Crippen molar-refractivity contribution in [3.63, 3.8) is 0 Å². The van der Waals surface area contributed by atoms with Crippen LogP contribution in [0.15, 0.2) is 48.5 Å². The molecule has 6 heteroatoms. The van der Waals surface area contributed by atoms with Crippen LogP contribution in [0.3, 0.4) is 0 Å². The molecule has 0 bridgehead atoms. The van der Waals surface area contributed by atoms with Crippen molar-refractivity contribution in [2.45, 2.75) is 19.4 Å². The van der Waals surface area contributed by atoms with Crippen molar-refractivity contribution in [1.82, 2.24) is 5.32 Å². The van der Waals surface area contributed by atoms with Crippen molar-refractivity contribution in [2.75, 3.05) is 14.2 Å². The fraction of sp³-hybridized carbons (Fsp3) is 0.300. The number of benzene rings is 2. The summed E-state index contributed by atoms with van der Waals surface area (Å²) in [5, 5.41) is 12.2. The molecule has 0 aliphatic rings. The Morgan fingerprint density at radius 2 is 1.69 bits per heavy atom. The maximum absolute atomic E-state index is 12.5. The van der Waals surface area contributed by atoms with E-state index < -0.39 is 17.9 Å². The number of carbonyl (C=O) groups is 2. The van der Waals surface area contributed by atoms with Crippen molar-refractivity contribution in [3.8, 4) is 11.5 Å². The molecule has 0 heterocycles. The third-order valence-electron chi connectivity index (χ3n) is 4.18. The van der Waals surface area contributed by atoms with Gasteiger partial charge in [-0.05, 0) is 30.2 Å². The van der Waals surface area contributed by atoms with E-state index in [0.29, 0.717) is 11.5 Å². The van der Waals surface area contributed by atoms with Gasteiger partial charge in [-0.2, -0.15) is 0 Å². The van der Waals surface area contributed by atoms with Crippen LogP contribution >= 0.6 is 0 Å². The molecule has 26 heavy (non-hydrogen) atoms. The molecule has 2 atom stereocenters. The standard InChI is InChI=1S/C20H23NO5/c1-13(20(23)24)19(15-7-5-4-6-8-15)21-18(22)12-14-9-10-16(25-2)17(11-14)26-3/h4-11,13,19H,12H2,1-3H3,(H,21,22)(H,23,24). The molecule has 0 saturated carbocycles. The second-order valence-corrected chi connectivity index (χ2v) is 5.95. The number of rotatable bonds is 8. The van der Waals surface area contributed by atoms with Crippen molar-refractivity contribution in [1.29, 1.82) is 0 Å². The van der Waals surface area contributed by atoms with Crippen LogP contribution in [-0.4, -0.2) is 31.2 Å². The van der Waals surface area contributed by atoms with E-state index in [2.05, 4.69) is 5.32 Å². The van der Waals surface area contributed by atoms with E-state index in [1.54, 1.807) is 44.4 Å². The summed E-state index contributed by atoms with van der Waals surface area (Å²) in [5.74, 6) is -0.870. The quantitative estimate of drug-likeness (QED) is 0.759. The Balaban J connectivity index is 2.16. The Kier molecular flexibility index (Phi) is 6.60. The Morgan fingerprint density at radius 3 is 2.27 bits per heavy atom. The highest BCUT2D eigenvalue weighted by Gasteiger charge is 2.26. The SMILES string of the molecule is COc1ccc(CC(=O)NC(c2ccccc2)C(C)C(=O)O)cc1OC. The van der Waals surface area contributed by atoms with Gasteiger partial charge in [0.1, 0.15) is 0 Å². The summed E-state index contributed by atoms with van der Waals surface area (Å²) in [7, 11) is 3.07. The number of amides is 1. The first-order chi connectivity index (χ1) is 12.5. The summed E-state index contributed by atoms with van der Waals surface area (Å²) in [6, 6.07) is 13.7. The molecule has 6 nitrogen and oxygen atoms in total. The number of hydrogen-bond acceptors (Lipinski definition) is 4. The van der Waals surface area contributed by atoms with Crippen LogP contribution in [0.25, 0.3) is 0 Å². The molecular formula is C20H23NO5. The predicted octanol–water partition coefficient (Wildman–Crippen LogP) is 2.82. The van der Waals surface area contributed by atoms with Gasteiger partial charge in [0.2, 0.25) is 5.91 Å². The molecule has 0 spiro atoms. The largest absolute Gasteiger partial charge is 0.493 e. The molecule has 0 radical (unpaired) electrons. The minimum atomic E-state index is -0.967. The molecule has 138 valence electrons. The Hall–Kier alpha value is -3.02. The lowest BCUT2D eigenvalue weighted by Crippen LogP contribution is -2.36. The summed E-state index contributed by atoms with van der Waals surface area (Å²) in [6.45, 7) is 1.58. The van der Waals surface area contributed by atoms with E-state index in [0.717, 1.165) is 11.1 Å². The van der Waals surface area contributed by atoms with Crippen LogP contribution in [0.1, 0.15) is 24.1 Å². The molecular weight excluding hydrogens is 334 g/mol. The summed E-state index contributed by atoms with van der Waals surface area (Å²) in [6.07, 6.45) is 0.107. The van der Waals surface area contributed by atoms with Gasteiger partial charge in [0.25, 0.3) is 0 Å². The first-order valence-electron chi connectivity index (χ1n) is 8.24. The topological polar surface area (TPSA) is 84.9 Å². The number of methoxy groups -OCH3 is 2. The number of carboxylic acids is 1. The molecule has 2 rings (SSSR count). The van der Waals surface area contributed by atoms with Gasteiger partial charge >= 0.3 is 5.97 Å². The maximum Gasteiger partial charge on any atom is 0.308 e. The molecule has 2 aromatic rings. The summed E-state index contributed by atoms with van der Waals surface area (Å²) >= 11 is 0. The van der Waals surface area contributed by atoms with E-state index in [1.807, 2.05) is 18.2 Å². The highest BCUT2D eigenvalue weighted by molar-refractivity contribution is 5.80. The molecule has 0 saturated heterocycles. The van der Waals surface area contributed by atoms with E-state index >= 15 is 0 Å². The van der Waals surface area contributed by atoms with Crippen molar-refractivity contribution in [2.24, 2.45) is 5.92 Å². The van der Waals surface area contributed by atoms with E-state index in [4.69, 9.17) is 9.47 Å². The second kappa shape index (κ2) is 8.89. The lowest BCUT2D eigenvalue weighted by molar-refractivity contribution is -0.142. The zero-order chi connectivity index (χ0) is 19.1. The van der Waals surface area contributed by atoms with E-state index in [1.165, 1.54) is 7.11 Å². The number of carboxylic acid groups (broad SMARTS) is 1. The molecule has 1 amide bonds. The number of carbonyl (C=O) groups excluding carboxylic acids is 1. The third kappa shape index (κ3) is 4.75. The zero-order valence-corrected chi connectivity index (χ0v) is 15.1. The van der Waals surface area contributed by atoms with Gasteiger partial charge in [-0.15, -0.1) is 0 Å². The van der Waals surface area contributed by atoms with Crippen molar-refractivity contribution < 1.29 is 24.2 Å². The molecule has 0 aliphatic heterocycles. The van der Waals surface area contributed by atoms with Gasteiger partial charge in [0.15, 0.2) is 11.5 Å². The van der Waals surface area contributed by atoms with E-state index in [9.17, 15) is 14.7 Å². The molecule has 0 aliphatic carbocycles. The first-order valence-corrected chi connectivity index (χ1v) is 8.24. The Labute approximate surface area is 152 Å². The average molecular weight is 357 g/mol. The lowest BCUT2D eigenvalue weighted by Gasteiger charge is -2.23. The molecule has 2 aromatic carbocycles. The molecule has 2 unspecified atom stereocenters. The maximum atomic E-state index is 12.5. The molecule has 0 fully saturated rings. The van der Waals surface area contributed by atoms with Gasteiger partial charge in [-0.3, -0.25) is 9.59 Å². The zero-order valence-electron chi connectivity index (χ0n) is 15.1. The summed E-state index contributed by atoms with van der Waals surface area (Å²) in [5.41, 5.74) is 1.50. The van der Waals surface area contributed by atoms with Gasteiger partial charge in [-0.1, -0.05) is 36.4 Å². The van der Waals surface area contributed by atoms with Crippen LogP contribution < -0.4 is 14.8 Å². The molecule has 0 aromatic heterocycles. The number of nitrogens with one attached hydrogen (secondary N) is 1. The third-order valence-corrected chi connectivity index (χ3v) is 4.18. The highest BCUT2D eigenvalue weighted by atomic mass is 16.5. The van der Waals surface area contributed by atoms with Crippen molar-refractivity contribution in [3.05, 3.63) is 59.7 Å². The van der Waals surface area contributed by atoms with Gasteiger partial charge in [0.05, 0.1) is 32.6 Å². The summed E-state index contributed by atoms with van der Waals surface area (Å²) < 4.78 is 10.4. The van der Waals surface area contributed by atoms with Gasteiger partial charge in [0, 0.05) is 0 Å². The molecule has 2 N–H and O–H groups in total. The minimum Gasteiger partial charge on any atom is -0.493 e. The summed E-state index contributed by atoms with van der Waals surface area (Å²) in [4.78, 5) is 23.9. The number of ether oxygens (including phenoxy) is 2. The lowest BCUT2D eigenvalue weighted by atomic mass is 9.94. The van der Waals surface area contributed by atoms with Crippen LogP contribution in [0, 0.1) is 5.92 Å². The first kappa shape index (κ1) is 19.3. The number of aliphatic carboxylic acids is 1. The smallest absolute Gasteiger partial charge is 0.308 e. The Bertz CT molecular complexity index is 760. The normalized spacial score (nSPS) is 12.7. The van der Waals surface area contributed by atoms with Crippen LogP contribution in [0.5, 0.6) is 11.5 Å². The Morgan fingerprint density at radius 1 is 1.04 bits per heavy atom. The fourth-order valence-corrected chi connectivity index (χ4v) is 2.70. The van der Waals surface area contributed by atoms with Crippen LogP contribution in [0.4, 0.5) is 0 Å². The van der Waals surface area contributed by atoms with Crippen LogP contribution in [-0.2, 0) is 16.0 Å². The highest BCUT2D eigenvalue weighted by Crippen LogP contribution is 2.28.